The van der Waals surface area contributed by atoms with Crippen molar-refractivity contribution < 1.29 is 27.9 Å². The Balaban J connectivity index is 2.84. The molecule has 1 rings (SSSR count). The molecule has 3 N–H and O–H groups in total. The predicted octanol–water partition coefficient (Wildman–Crippen LogP) is 2.09. The number of carbonyl (C=O) groups excluding carboxylic acids is 1. The van der Waals surface area contributed by atoms with E-state index >= 15 is 0 Å². The van der Waals surface area contributed by atoms with E-state index in [-0.39, 0.29) is 0 Å². The van der Waals surface area contributed by atoms with Crippen LogP contribution in [-0.4, -0.2) is 22.6 Å². The summed E-state index contributed by atoms with van der Waals surface area (Å²) in [6, 6.07) is 0.398. The SMILES string of the molecule is CC(C)(NC(=O)Nc1ccc(F)c(F)c1F)C(=O)O. The predicted molar refractivity (Wildman–Crippen MR) is 60.2 cm³/mol. The van der Waals surface area contributed by atoms with Crippen molar-refractivity contribution in [2.75, 3.05) is 5.32 Å². The third-order valence-electron chi connectivity index (χ3n) is 2.24. The normalized spacial score (nSPS) is 11.0. The minimum atomic E-state index is -1.73. The Morgan fingerprint density at radius 2 is 1.74 bits per heavy atom. The summed E-state index contributed by atoms with van der Waals surface area (Å²) in [7, 11) is 0. The molecular formula is C11H11F3N2O3. The van der Waals surface area contributed by atoms with E-state index in [4.69, 9.17) is 5.11 Å². The van der Waals surface area contributed by atoms with Gasteiger partial charge in [0.05, 0.1) is 5.69 Å². The van der Waals surface area contributed by atoms with Crippen LogP contribution in [0.2, 0.25) is 0 Å². The summed E-state index contributed by atoms with van der Waals surface area (Å²) in [4.78, 5) is 22.2. The number of anilines is 1. The highest BCUT2D eigenvalue weighted by Crippen LogP contribution is 2.19. The monoisotopic (exact) mass is 276 g/mol. The molecule has 0 radical (unpaired) electrons. The molecule has 1 aromatic rings. The van der Waals surface area contributed by atoms with Gasteiger partial charge in [0.2, 0.25) is 0 Å². The molecule has 0 bridgehead atoms. The number of rotatable bonds is 3. The Labute approximate surface area is 106 Å². The van der Waals surface area contributed by atoms with Crippen LogP contribution in [0.15, 0.2) is 12.1 Å². The molecule has 0 unspecified atom stereocenters. The van der Waals surface area contributed by atoms with Crippen molar-refractivity contribution in [2.24, 2.45) is 0 Å². The number of aliphatic carboxylic acids is 1. The number of hydrogen-bond donors (Lipinski definition) is 3. The zero-order valence-electron chi connectivity index (χ0n) is 10.1. The first kappa shape index (κ1) is 14.8. The lowest BCUT2D eigenvalue weighted by atomic mass is 10.1. The third kappa shape index (κ3) is 3.36. The molecule has 0 aliphatic heterocycles. The molecule has 1 aromatic carbocycles. The molecule has 0 spiro atoms. The number of carboxylic acid groups (broad SMARTS) is 1. The number of benzene rings is 1. The number of amides is 2. The van der Waals surface area contributed by atoms with Crippen LogP contribution in [0.1, 0.15) is 13.8 Å². The molecule has 0 aromatic heterocycles. The van der Waals surface area contributed by atoms with Crippen molar-refractivity contribution in [1.82, 2.24) is 5.32 Å². The van der Waals surface area contributed by atoms with Crippen LogP contribution in [0.5, 0.6) is 0 Å². The van der Waals surface area contributed by atoms with Gasteiger partial charge in [-0.25, -0.2) is 22.8 Å². The van der Waals surface area contributed by atoms with Gasteiger partial charge in [-0.1, -0.05) is 0 Å². The van der Waals surface area contributed by atoms with Crippen LogP contribution in [0, 0.1) is 17.5 Å². The number of carboxylic acids is 1. The number of urea groups is 1. The van der Waals surface area contributed by atoms with Crippen LogP contribution < -0.4 is 10.6 Å². The van der Waals surface area contributed by atoms with Gasteiger partial charge in [-0.3, -0.25) is 0 Å². The zero-order valence-corrected chi connectivity index (χ0v) is 10.1. The molecule has 0 fully saturated rings. The first-order valence-corrected chi connectivity index (χ1v) is 5.11. The topological polar surface area (TPSA) is 78.4 Å². The fourth-order valence-electron chi connectivity index (χ4n) is 1.11. The summed E-state index contributed by atoms with van der Waals surface area (Å²) in [5, 5.41) is 12.7. The molecule has 0 aliphatic carbocycles. The lowest BCUT2D eigenvalue weighted by Crippen LogP contribution is -2.51. The lowest BCUT2D eigenvalue weighted by Gasteiger charge is -2.21. The molecule has 19 heavy (non-hydrogen) atoms. The highest BCUT2D eigenvalue weighted by atomic mass is 19.2. The smallest absolute Gasteiger partial charge is 0.328 e. The first-order valence-electron chi connectivity index (χ1n) is 5.11. The quantitative estimate of drug-likeness (QED) is 0.740. The Morgan fingerprint density at radius 3 is 2.26 bits per heavy atom. The highest BCUT2D eigenvalue weighted by molar-refractivity contribution is 5.93. The molecule has 0 saturated heterocycles. The fourth-order valence-corrected chi connectivity index (χ4v) is 1.11. The van der Waals surface area contributed by atoms with E-state index in [0.717, 1.165) is 6.07 Å². The molecule has 0 heterocycles. The van der Waals surface area contributed by atoms with E-state index in [0.29, 0.717) is 6.07 Å². The van der Waals surface area contributed by atoms with Gasteiger partial charge in [0.25, 0.3) is 0 Å². The van der Waals surface area contributed by atoms with Gasteiger partial charge >= 0.3 is 12.0 Å². The van der Waals surface area contributed by atoms with Crippen molar-refractivity contribution in [3.05, 3.63) is 29.6 Å². The molecular weight excluding hydrogens is 265 g/mol. The fraction of sp³-hybridized carbons (Fsp3) is 0.273. The summed E-state index contributed by atoms with van der Waals surface area (Å²) in [6.07, 6.45) is 0. The number of nitrogens with one attached hydrogen (secondary N) is 2. The van der Waals surface area contributed by atoms with E-state index in [1.54, 1.807) is 0 Å². The average molecular weight is 276 g/mol. The van der Waals surface area contributed by atoms with E-state index < -0.39 is 40.7 Å². The average Bonchev–Trinajstić information content (AvgIpc) is 2.29. The van der Waals surface area contributed by atoms with Crippen LogP contribution in [0.3, 0.4) is 0 Å². The van der Waals surface area contributed by atoms with Crippen LogP contribution in [-0.2, 0) is 4.79 Å². The Kier molecular flexibility index (Phi) is 4.03. The van der Waals surface area contributed by atoms with Gasteiger partial charge in [-0.15, -0.1) is 0 Å². The maximum absolute atomic E-state index is 13.2. The minimum Gasteiger partial charge on any atom is -0.480 e. The summed E-state index contributed by atoms with van der Waals surface area (Å²) < 4.78 is 38.8. The third-order valence-corrected chi connectivity index (χ3v) is 2.24. The summed E-state index contributed by atoms with van der Waals surface area (Å²) >= 11 is 0. The van der Waals surface area contributed by atoms with E-state index in [9.17, 15) is 22.8 Å². The van der Waals surface area contributed by atoms with Crippen molar-refractivity contribution >= 4 is 17.7 Å². The second-order valence-corrected chi connectivity index (χ2v) is 4.23. The molecule has 2 amide bonds. The van der Waals surface area contributed by atoms with Crippen molar-refractivity contribution in [3.8, 4) is 0 Å². The summed E-state index contributed by atoms with van der Waals surface area (Å²) in [6.45, 7) is 2.41. The molecule has 0 aliphatic rings. The van der Waals surface area contributed by atoms with Crippen molar-refractivity contribution in [1.29, 1.82) is 0 Å². The number of halogens is 3. The second kappa shape index (κ2) is 5.17. The summed E-state index contributed by atoms with van der Waals surface area (Å²) in [5.74, 6) is -6.00. The second-order valence-electron chi connectivity index (χ2n) is 4.23. The van der Waals surface area contributed by atoms with E-state index in [2.05, 4.69) is 0 Å². The van der Waals surface area contributed by atoms with Crippen LogP contribution in [0.25, 0.3) is 0 Å². The standard InChI is InChI=1S/C11H11F3N2O3/c1-11(2,9(17)18)16-10(19)15-6-4-3-5(12)7(13)8(6)14/h3-4H,1-2H3,(H,17,18)(H2,15,16,19). The van der Waals surface area contributed by atoms with Gasteiger partial charge in [-0.05, 0) is 26.0 Å². The first-order chi connectivity index (χ1) is 8.65. The largest absolute Gasteiger partial charge is 0.480 e. The molecule has 0 saturated carbocycles. The van der Waals surface area contributed by atoms with Gasteiger partial charge < -0.3 is 15.7 Å². The van der Waals surface area contributed by atoms with Crippen LogP contribution >= 0.6 is 0 Å². The Bertz CT molecular complexity index is 532. The maximum atomic E-state index is 13.2. The van der Waals surface area contributed by atoms with Gasteiger partial charge in [-0.2, -0.15) is 0 Å². The molecule has 0 atom stereocenters. The van der Waals surface area contributed by atoms with Gasteiger partial charge in [0.15, 0.2) is 17.5 Å². The van der Waals surface area contributed by atoms with Crippen molar-refractivity contribution in [2.45, 2.75) is 19.4 Å². The Morgan fingerprint density at radius 1 is 1.16 bits per heavy atom. The number of hydrogen-bond acceptors (Lipinski definition) is 2. The number of carbonyl (C=O) groups is 2. The van der Waals surface area contributed by atoms with E-state index in [1.165, 1.54) is 13.8 Å². The van der Waals surface area contributed by atoms with Gasteiger partial charge in [0.1, 0.15) is 5.54 Å². The van der Waals surface area contributed by atoms with E-state index in [1.807, 2.05) is 10.6 Å². The zero-order chi connectivity index (χ0) is 14.8. The lowest BCUT2D eigenvalue weighted by molar-refractivity contribution is -0.142. The van der Waals surface area contributed by atoms with Gasteiger partial charge in [0, 0.05) is 0 Å². The molecule has 104 valence electrons. The minimum absolute atomic E-state index is 0.599. The highest BCUT2D eigenvalue weighted by Gasteiger charge is 2.29. The summed E-state index contributed by atoms with van der Waals surface area (Å²) in [5.41, 5.74) is -2.20. The Hall–Kier alpha value is -2.25. The molecule has 5 nitrogen and oxygen atoms in total. The van der Waals surface area contributed by atoms with Crippen molar-refractivity contribution in [3.63, 3.8) is 0 Å². The molecule has 8 heteroatoms. The van der Waals surface area contributed by atoms with Crippen LogP contribution in [0.4, 0.5) is 23.7 Å². The maximum Gasteiger partial charge on any atom is 0.328 e.